The van der Waals surface area contributed by atoms with Gasteiger partial charge in [0.2, 0.25) is 5.91 Å². The molecule has 0 bridgehead atoms. The monoisotopic (exact) mass is 507 g/mol. The number of non-ortho nitro benzene ring substituents is 1. The number of likely N-dealkylation sites (tertiary alicyclic amines) is 1. The third kappa shape index (κ3) is 6.22. The summed E-state index contributed by atoms with van der Waals surface area (Å²) in [4.78, 5) is 31.6. The second-order valence-electron chi connectivity index (χ2n) is 10.3. The number of carbonyl (C=O) groups is 1. The lowest BCUT2D eigenvalue weighted by Gasteiger charge is -2.49. The molecule has 0 radical (unpaired) electrons. The Balaban J connectivity index is 1.26. The van der Waals surface area contributed by atoms with Crippen molar-refractivity contribution in [2.45, 2.75) is 31.7 Å². The summed E-state index contributed by atoms with van der Waals surface area (Å²) >= 11 is 0. The highest BCUT2D eigenvalue weighted by Crippen LogP contribution is 2.37. The summed E-state index contributed by atoms with van der Waals surface area (Å²) in [6, 6.07) is 14.9. The fraction of sp³-hybridized carbons (Fsp3) is 0.536. The number of carbonyl (C=O) groups excluding carboxylic acids is 1. The number of para-hydroxylation sites is 1. The predicted molar refractivity (Wildman–Crippen MR) is 143 cm³/mol. The topological polar surface area (TPSA) is 91.2 Å². The molecule has 9 heteroatoms. The van der Waals surface area contributed by atoms with Crippen LogP contribution in [-0.4, -0.2) is 85.6 Å². The van der Waals surface area contributed by atoms with Crippen molar-refractivity contribution in [3.8, 4) is 5.75 Å². The second kappa shape index (κ2) is 11.9. The molecule has 1 N–H and O–H groups in total. The van der Waals surface area contributed by atoms with E-state index in [0.717, 1.165) is 62.8 Å². The van der Waals surface area contributed by atoms with Crippen molar-refractivity contribution in [1.29, 1.82) is 0 Å². The number of nitrogens with one attached hydrogen (secondary N) is 1. The van der Waals surface area contributed by atoms with Gasteiger partial charge in [-0.3, -0.25) is 19.8 Å². The molecule has 1 amide bonds. The van der Waals surface area contributed by atoms with Gasteiger partial charge in [-0.15, -0.1) is 0 Å². The predicted octanol–water partition coefficient (Wildman–Crippen LogP) is 2.94. The lowest BCUT2D eigenvalue weighted by molar-refractivity contribution is -0.384. The molecular weight excluding hydrogens is 470 g/mol. The summed E-state index contributed by atoms with van der Waals surface area (Å²) in [5.41, 5.74) is 1.99. The fourth-order valence-electron chi connectivity index (χ4n) is 5.95. The van der Waals surface area contributed by atoms with E-state index in [1.807, 2.05) is 36.4 Å². The molecule has 0 aliphatic carbocycles. The number of piperidine rings is 1. The van der Waals surface area contributed by atoms with Gasteiger partial charge in [0.05, 0.1) is 16.9 Å². The maximum Gasteiger partial charge on any atom is 0.269 e. The van der Waals surface area contributed by atoms with Crippen LogP contribution in [0.2, 0.25) is 0 Å². The van der Waals surface area contributed by atoms with Crippen molar-refractivity contribution in [2.75, 3.05) is 63.9 Å². The number of fused-ring (bicyclic) bond motifs is 3. The van der Waals surface area contributed by atoms with Crippen LogP contribution < -0.4 is 15.0 Å². The Kier molecular flexibility index (Phi) is 8.21. The van der Waals surface area contributed by atoms with E-state index in [9.17, 15) is 14.9 Å². The summed E-state index contributed by atoms with van der Waals surface area (Å²) < 4.78 is 5.92. The van der Waals surface area contributed by atoms with Gasteiger partial charge >= 0.3 is 0 Å². The number of piperazine rings is 1. The van der Waals surface area contributed by atoms with E-state index >= 15 is 0 Å². The highest BCUT2D eigenvalue weighted by Gasteiger charge is 2.41. The molecule has 37 heavy (non-hydrogen) atoms. The normalized spacial score (nSPS) is 22.1. The minimum Gasteiger partial charge on any atom is -0.492 e. The number of amides is 1. The van der Waals surface area contributed by atoms with Crippen molar-refractivity contribution in [3.63, 3.8) is 0 Å². The smallest absolute Gasteiger partial charge is 0.269 e. The summed E-state index contributed by atoms with van der Waals surface area (Å²) in [5, 5.41) is 14.6. The van der Waals surface area contributed by atoms with Gasteiger partial charge in [0.25, 0.3) is 5.69 Å². The maximum atomic E-state index is 13.5. The van der Waals surface area contributed by atoms with Crippen LogP contribution in [0.3, 0.4) is 0 Å². The van der Waals surface area contributed by atoms with Crippen LogP contribution in [0.5, 0.6) is 5.75 Å². The Labute approximate surface area is 218 Å². The largest absolute Gasteiger partial charge is 0.492 e. The first-order valence-electron chi connectivity index (χ1n) is 13.5. The molecular formula is C28H37N5O4. The van der Waals surface area contributed by atoms with Crippen molar-refractivity contribution >= 4 is 17.3 Å². The standard InChI is InChI=1S/C28H37N5O4/c34-28(29-11-14-30-12-5-2-6-13-30)25-20-22-19-23(33(35)36)9-10-26(22)32-16-15-31(21-27(25)32)17-18-37-24-7-3-1-4-8-24/h1,3-4,7-10,19,25,27H,2,5-6,11-18,20-21H2,(H,29,34). The lowest BCUT2D eigenvalue weighted by atomic mass is 9.83. The average Bonchev–Trinajstić information content (AvgIpc) is 2.93. The van der Waals surface area contributed by atoms with Crippen LogP contribution in [0, 0.1) is 16.0 Å². The Hall–Kier alpha value is -3.17. The van der Waals surface area contributed by atoms with Gasteiger partial charge in [-0.2, -0.15) is 0 Å². The van der Waals surface area contributed by atoms with Crippen molar-refractivity contribution in [1.82, 2.24) is 15.1 Å². The van der Waals surface area contributed by atoms with Gasteiger partial charge in [0.15, 0.2) is 0 Å². The zero-order valence-electron chi connectivity index (χ0n) is 21.4. The number of anilines is 1. The molecule has 3 heterocycles. The lowest BCUT2D eigenvalue weighted by Crippen LogP contribution is -2.61. The van der Waals surface area contributed by atoms with E-state index in [1.54, 1.807) is 12.1 Å². The van der Waals surface area contributed by atoms with E-state index in [-0.39, 0.29) is 28.5 Å². The second-order valence-corrected chi connectivity index (χ2v) is 10.3. The van der Waals surface area contributed by atoms with E-state index in [0.29, 0.717) is 19.6 Å². The van der Waals surface area contributed by atoms with Crippen molar-refractivity contribution in [2.24, 2.45) is 5.92 Å². The highest BCUT2D eigenvalue weighted by molar-refractivity contribution is 5.82. The van der Waals surface area contributed by atoms with Crippen LogP contribution in [0.15, 0.2) is 48.5 Å². The summed E-state index contributed by atoms with van der Waals surface area (Å²) in [6.45, 7) is 7.49. The summed E-state index contributed by atoms with van der Waals surface area (Å²) in [7, 11) is 0. The van der Waals surface area contributed by atoms with Crippen LogP contribution in [0.1, 0.15) is 24.8 Å². The number of nitro groups is 1. The molecule has 2 unspecified atom stereocenters. The molecule has 2 atom stereocenters. The summed E-state index contributed by atoms with van der Waals surface area (Å²) in [5.74, 6) is 0.653. The molecule has 0 aromatic heterocycles. The van der Waals surface area contributed by atoms with Crippen LogP contribution in [0.25, 0.3) is 0 Å². The van der Waals surface area contributed by atoms with Gasteiger partial charge in [-0.25, -0.2) is 0 Å². The van der Waals surface area contributed by atoms with Crippen molar-refractivity contribution < 1.29 is 14.5 Å². The average molecular weight is 508 g/mol. The van der Waals surface area contributed by atoms with Gasteiger partial charge in [0, 0.05) is 57.1 Å². The van der Waals surface area contributed by atoms with Gasteiger partial charge in [-0.05, 0) is 56.1 Å². The van der Waals surface area contributed by atoms with Crippen LogP contribution >= 0.6 is 0 Å². The number of rotatable bonds is 9. The zero-order valence-corrected chi connectivity index (χ0v) is 21.4. The third-order valence-electron chi connectivity index (χ3n) is 7.92. The van der Waals surface area contributed by atoms with E-state index < -0.39 is 0 Å². The molecule has 2 aromatic carbocycles. The number of nitrogens with zero attached hydrogens (tertiary/aromatic N) is 4. The quantitative estimate of drug-likeness (QED) is 0.412. The molecule has 0 saturated carbocycles. The van der Waals surface area contributed by atoms with E-state index in [1.165, 1.54) is 19.3 Å². The zero-order chi connectivity index (χ0) is 25.6. The molecule has 9 nitrogen and oxygen atoms in total. The highest BCUT2D eigenvalue weighted by atomic mass is 16.6. The minimum atomic E-state index is -0.356. The first kappa shape index (κ1) is 25.5. The van der Waals surface area contributed by atoms with E-state index in [2.05, 4.69) is 20.0 Å². The van der Waals surface area contributed by atoms with E-state index in [4.69, 9.17) is 4.74 Å². The van der Waals surface area contributed by atoms with Gasteiger partial charge in [-0.1, -0.05) is 24.6 Å². The first-order valence-corrected chi connectivity index (χ1v) is 13.5. The Morgan fingerprint density at radius 2 is 1.81 bits per heavy atom. The molecule has 3 aliphatic rings. The first-order chi connectivity index (χ1) is 18.1. The van der Waals surface area contributed by atoms with Crippen LogP contribution in [-0.2, 0) is 11.2 Å². The number of benzene rings is 2. The summed E-state index contributed by atoms with van der Waals surface area (Å²) in [6.07, 6.45) is 4.27. The third-order valence-corrected chi connectivity index (χ3v) is 7.92. The maximum absolute atomic E-state index is 13.5. The Morgan fingerprint density at radius 3 is 2.59 bits per heavy atom. The molecule has 2 fully saturated rings. The van der Waals surface area contributed by atoms with Gasteiger partial charge in [0.1, 0.15) is 12.4 Å². The number of ether oxygens (including phenoxy) is 1. The number of hydrogen-bond acceptors (Lipinski definition) is 7. The molecule has 5 rings (SSSR count). The molecule has 0 spiro atoms. The van der Waals surface area contributed by atoms with Gasteiger partial charge < -0.3 is 19.9 Å². The Morgan fingerprint density at radius 1 is 1.00 bits per heavy atom. The molecule has 2 aromatic rings. The molecule has 2 saturated heterocycles. The van der Waals surface area contributed by atoms with Crippen LogP contribution in [0.4, 0.5) is 11.4 Å². The Bertz CT molecular complexity index is 1080. The SMILES string of the molecule is O=C(NCCN1CCCCC1)C1Cc2cc([N+](=O)[O-])ccc2N2CCN(CCOc3ccccc3)CC12. The number of nitro benzene ring substituents is 1. The fourth-order valence-corrected chi connectivity index (χ4v) is 5.95. The molecule has 3 aliphatic heterocycles. The van der Waals surface area contributed by atoms with Crippen molar-refractivity contribution in [3.05, 3.63) is 64.2 Å². The number of hydrogen-bond donors (Lipinski definition) is 1. The molecule has 198 valence electrons. The minimum absolute atomic E-state index is 0.0226.